The summed E-state index contributed by atoms with van der Waals surface area (Å²) in [7, 11) is -2.49. The van der Waals surface area contributed by atoms with E-state index < -0.39 is 27.6 Å². The summed E-state index contributed by atoms with van der Waals surface area (Å²) in [6.45, 7) is 0.135. The van der Waals surface area contributed by atoms with Crippen molar-refractivity contribution in [2.75, 3.05) is 13.7 Å². The van der Waals surface area contributed by atoms with E-state index in [-0.39, 0.29) is 35.2 Å². The lowest BCUT2D eigenvalue weighted by atomic mass is 10.1. The fraction of sp³-hybridized carbons (Fsp3) is 0.381. The van der Waals surface area contributed by atoms with Gasteiger partial charge in [0.25, 0.3) is 5.91 Å². The summed E-state index contributed by atoms with van der Waals surface area (Å²) in [5, 5.41) is 2.64. The molecule has 0 heterocycles. The second kappa shape index (κ2) is 9.53. The molecule has 9 heteroatoms. The summed E-state index contributed by atoms with van der Waals surface area (Å²) < 4.78 is 60.0. The Morgan fingerprint density at radius 3 is 2.40 bits per heavy atom. The Bertz CT molecular complexity index is 1000. The Balaban J connectivity index is 1.70. The summed E-state index contributed by atoms with van der Waals surface area (Å²) in [6.07, 6.45) is 3.74. The van der Waals surface area contributed by atoms with E-state index in [1.165, 1.54) is 37.4 Å². The van der Waals surface area contributed by atoms with Crippen LogP contribution in [0, 0.1) is 11.6 Å². The number of nitrogens with one attached hydrogen (secondary N) is 2. The fourth-order valence-corrected chi connectivity index (χ4v) is 5.03. The van der Waals surface area contributed by atoms with Gasteiger partial charge < -0.3 is 10.1 Å². The number of benzene rings is 2. The number of carbonyl (C=O) groups is 1. The van der Waals surface area contributed by atoms with Gasteiger partial charge in [0.1, 0.15) is 22.3 Å². The minimum absolute atomic E-state index is 0.100. The lowest BCUT2D eigenvalue weighted by Crippen LogP contribution is -2.33. The van der Waals surface area contributed by atoms with E-state index in [2.05, 4.69) is 10.0 Å². The van der Waals surface area contributed by atoms with Crippen LogP contribution in [0.25, 0.3) is 0 Å². The van der Waals surface area contributed by atoms with Crippen molar-refractivity contribution in [2.45, 2.75) is 43.0 Å². The summed E-state index contributed by atoms with van der Waals surface area (Å²) in [5.41, 5.74) is 0.555. The zero-order valence-corrected chi connectivity index (χ0v) is 17.4. The maximum Gasteiger partial charge on any atom is 0.251 e. The van der Waals surface area contributed by atoms with Crippen LogP contribution in [0.2, 0.25) is 0 Å². The summed E-state index contributed by atoms with van der Waals surface area (Å²) in [4.78, 5) is 12.4. The van der Waals surface area contributed by atoms with Crippen LogP contribution >= 0.6 is 0 Å². The van der Waals surface area contributed by atoms with Crippen LogP contribution in [0.5, 0.6) is 5.75 Å². The Hall–Kier alpha value is -2.52. The van der Waals surface area contributed by atoms with E-state index in [0.29, 0.717) is 5.56 Å². The molecule has 162 valence electrons. The molecule has 0 unspecified atom stereocenters. The first-order chi connectivity index (χ1) is 14.3. The van der Waals surface area contributed by atoms with Crippen LogP contribution in [0.15, 0.2) is 41.3 Å². The highest BCUT2D eigenvalue weighted by Gasteiger charge is 2.26. The van der Waals surface area contributed by atoms with Crippen molar-refractivity contribution in [2.24, 2.45) is 0 Å². The molecule has 2 aromatic carbocycles. The number of amides is 1. The van der Waals surface area contributed by atoms with Crippen molar-refractivity contribution in [3.63, 3.8) is 0 Å². The second-order valence-electron chi connectivity index (χ2n) is 7.25. The van der Waals surface area contributed by atoms with Crippen LogP contribution in [0.3, 0.4) is 0 Å². The molecule has 1 saturated carbocycles. The van der Waals surface area contributed by atoms with Crippen molar-refractivity contribution in [3.05, 3.63) is 59.2 Å². The number of rotatable bonds is 8. The van der Waals surface area contributed by atoms with E-state index in [9.17, 15) is 22.0 Å². The van der Waals surface area contributed by atoms with Gasteiger partial charge in [-0.15, -0.1) is 0 Å². The Labute approximate surface area is 174 Å². The van der Waals surface area contributed by atoms with Crippen molar-refractivity contribution >= 4 is 15.9 Å². The SMILES string of the molecule is COc1ccc(C(=O)NCCc2cc(F)cc(F)c2)cc1S(=O)(=O)NC1CCCC1. The maximum absolute atomic E-state index is 13.2. The molecule has 0 radical (unpaired) electrons. The van der Waals surface area contributed by atoms with E-state index in [0.717, 1.165) is 31.7 Å². The van der Waals surface area contributed by atoms with Gasteiger partial charge in [-0.1, -0.05) is 12.8 Å². The molecule has 0 saturated heterocycles. The number of hydrogen-bond donors (Lipinski definition) is 2. The molecule has 0 atom stereocenters. The molecular formula is C21H24F2N2O4S. The zero-order valence-electron chi connectivity index (χ0n) is 16.6. The molecule has 3 rings (SSSR count). The topological polar surface area (TPSA) is 84.5 Å². The number of sulfonamides is 1. The van der Waals surface area contributed by atoms with Gasteiger partial charge in [-0.3, -0.25) is 4.79 Å². The average molecular weight is 438 g/mol. The van der Waals surface area contributed by atoms with E-state index in [1.54, 1.807) is 0 Å². The van der Waals surface area contributed by atoms with Gasteiger partial charge >= 0.3 is 0 Å². The molecule has 1 fully saturated rings. The second-order valence-corrected chi connectivity index (χ2v) is 8.93. The van der Waals surface area contributed by atoms with E-state index in [1.807, 2.05) is 0 Å². The highest BCUT2D eigenvalue weighted by atomic mass is 32.2. The third-order valence-corrected chi connectivity index (χ3v) is 6.56. The molecule has 1 aliphatic rings. The zero-order chi connectivity index (χ0) is 21.7. The van der Waals surface area contributed by atoms with Gasteiger partial charge in [0.15, 0.2) is 0 Å². The first kappa shape index (κ1) is 22.2. The molecule has 0 bridgehead atoms. The van der Waals surface area contributed by atoms with Crippen molar-refractivity contribution in [1.29, 1.82) is 0 Å². The summed E-state index contributed by atoms with van der Waals surface area (Å²) in [5.74, 6) is -1.72. The van der Waals surface area contributed by atoms with Gasteiger partial charge in [-0.2, -0.15) is 0 Å². The van der Waals surface area contributed by atoms with Gasteiger partial charge in [-0.25, -0.2) is 21.9 Å². The molecule has 30 heavy (non-hydrogen) atoms. The molecule has 0 aromatic heterocycles. The monoisotopic (exact) mass is 438 g/mol. The number of carbonyl (C=O) groups excluding carboxylic acids is 1. The molecule has 1 amide bonds. The number of ether oxygens (including phenoxy) is 1. The normalized spacial score (nSPS) is 14.6. The Morgan fingerprint density at radius 1 is 1.10 bits per heavy atom. The van der Waals surface area contributed by atoms with E-state index in [4.69, 9.17) is 4.74 Å². The van der Waals surface area contributed by atoms with Crippen molar-refractivity contribution in [3.8, 4) is 5.75 Å². The number of hydrogen-bond acceptors (Lipinski definition) is 4. The molecule has 0 aliphatic heterocycles. The van der Waals surface area contributed by atoms with Crippen LogP contribution in [-0.4, -0.2) is 34.0 Å². The molecule has 1 aliphatic carbocycles. The summed E-state index contributed by atoms with van der Waals surface area (Å²) in [6, 6.07) is 7.21. The van der Waals surface area contributed by atoms with Crippen molar-refractivity contribution < 1.29 is 26.7 Å². The molecule has 2 N–H and O–H groups in total. The number of methoxy groups -OCH3 is 1. The number of halogens is 2. The average Bonchev–Trinajstić information content (AvgIpc) is 3.19. The van der Waals surface area contributed by atoms with Crippen LogP contribution in [0.1, 0.15) is 41.6 Å². The lowest BCUT2D eigenvalue weighted by molar-refractivity contribution is 0.0954. The predicted octanol–water partition coefficient (Wildman–Crippen LogP) is 3.17. The van der Waals surface area contributed by atoms with Crippen LogP contribution in [0.4, 0.5) is 8.78 Å². The fourth-order valence-electron chi connectivity index (χ4n) is 3.53. The Kier molecular flexibility index (Phi) is 7.04. The summed E-state index contributed by atoms with van der Waals surface area (Å²) >= 11 is 0. The largest absolute Gasteiger partial charge is 0.495 e. The predicted molar refractivity (Wildman–Crippen MR) is 108 cm³/mol. The highest BCUT2D eigenvalue weighted by molar-refractivity contribution is 7.89. The van der Waals surface area contributed by atoms with E-state index >= 15 is 0 Å². The van der Waals surface area contributed by atoms with Gasteiger partial charge in [0.2, 0.25) is 10.0 Å². The quantitative estimate of drug-likeness (QED) is 0.663. The van der Waals surface area contributed by atoms with Crippen LogP contribution < -0.4 is 14.8 Å². The molecular weight excluding hydrogens is 414 g/mol. The molecule has 0 spiro atoms. The van der Waals surface area contributed by atoms with Crippen molar-refractivity contribution in [1.82, 2.24) is 10.0 Å². The Morgan fingerprint density at radius 2 is 1.77 bits per heavy atom. The molecule has 2 aromatic rings. The van der Waals surface area contributed by atoms with Crippen LogP contribution in [-0.2, 0) is 16.4 Å². The smallest absolute Gasteiger partial charge is 0.251 e. The maximum atomic E-state index is 13.2. The third kappa shape index (κ3) is 5.54. The first-order valence-electron chi connectivity index (χ1n) is 9.72. The lowest BCUT2D eigenvalue weighted by Gasteiger charge is -2.16. The minimum Gasteiger partial charge on any atom is -0.495 e. The van der Waals surface area contributed by atoms with Gasteiger partial charge in [0, 0.05) is 24.2 Å². The third-order valence-electron chi connectivity index (χ3n) is 5.01. The van der Waals surface area contributed by atoms with Gasteiger partial charge in [0.05, 0.1) is 7.11 Å². The standard InChI is InChI=1S/C21H24F2N2O4S/c1-29-19-7-6-15(12-20(19)30(27,28)25-18-4-2-3-5-18)21(26)24-9-8-14-10-16(22)13-17(23)11-14/h6-7,10-13,18,25H,2-5,8-9H2,1H3,(H,24,26). The first-order valence-corrected chi connectivity index (χ1v) is 11.2. The molecule has 6 nitrogen and oxygen atoms in total. The minimum atomic E-state index is -3.85. The highest BCUT2D eigenvalue weighted by Crippen LogP contribution is 2.27. The van der Waals surface area contributed by atoms with Gasteiger partial charge in [-0.05, 0) is 55.2 Å².